The van der Waals surface area contributed by atoms with Crippen LogP contribution in [0, 0.1) is 0 Å². The third-order valence-corrected chi connectivity index (χ3v) is 5.69. The quantitative estimate of drug-likeness (QED) is 0.313. The van der Waals surface area contributed by atoms with Crippen molar-refractivity contribution in [3.63, 3.8) is 0 Å². The number of halogens is 2. The Balaban J connectivity index is 1.57. The molecule has 6 nitrogen and oxygen atoms in total. The number of nitrogens with one attached hydrogen (secondary N) is 2. The number of aromatic nitrogens is 1. The molecule has 0 saturated carbocycles. The van der Waals surface area contributed by atoms with E-state index < -0.39 is 17.9 Å². The summed E-state index contributed by atoms with van der Waals surface area (Å²) in [7, 11) is 1.28. The van der Waals surface area contributed by atoms with Crippen molar-refractivity contribution in [2.24, 2.45) is 0 Å². The number of carbonyl (C=O) groups is 2. The predicted molar refractivity (Wildman–Crippen MR) is 131 cm³/mol. The summed E-state index contributed by atoms with van der Waals surface area (Å²) >= 11 is 12.2. The van der Waals surface area contributed by atoms with Crippen LogP contribution in [0.3, 0.4) is 0 Å². The Morgan fingerprint density at radius 1 is 0.970 bits per heavy atom. The molecule has 1 heterocycles. The highest BCUT2D eigenvalue weighted by molar-refractivity contribution is 6.39. The number of benzene rings is 2. The van der Waals surface area contributed by atoms with E-state index >= 15 is 0 Å². The molecule has 8 heteroatoms. The molecule has 0 radical (unpaired) electrons. The van der Waals surface area contributed by atoms with Crippen molar-refractivity contribution in [3.8, 4) is 0 Å². The number of pyridine rings is 1. The molecule has 1 aromatic heterocycles. The van der Waals surface area contributed by atoms with Crippen molar-refractivity contribution < 1.29 is 14.3 Å². The van der Waals surface area contributed by atoms with Crippen LogP contribution in [0.25, 0.3) is 0 Å². The maximum absolute atomic E-state index is 12.7. The minimum atomic E-state index is -0.872. The molecule has 33 heavy (non-hydrogen) atoms. The van der Waals surface area contributed by atoms with E-state index in [0.717, 1.165) is 30.8 Å². The minimum absolute atomic E-state index is 0.129. The topological polar surface area (TPSA) is 80.3 Å². The number of hydrogen-bond acceptors (Lipinski definition) is 5. The molecule has 172 valence electrons. The molecule has 0 aliphatic rings. The molecule has 3 rings (SSSR count). The van der Waals surface area contributed by atoms with Gasteiger partial charge in [-0.3, -0.25) is 4.79 Å². The Morgan fingerprint density at radius 2 is 1.67 bits per heavy atom. The summed E-state index contributed by atoms with van der Waals surface area (Å²) in [6.45, 7) is 0.819. The maximum atomic E-state index is 12.7. The zero-order chi connectivity index (χ0) is 23.6. The molecule has 1 atom stereocenters. The van der Waals surface area contributed by atoms with Crippen LogP contribution in [0.4, 0.5) is 5.82 Å². The highest BCUT2D eigenvalue weighted by atomic mass is 35.5. The molecular weight excluding hydrogens is 461 g/mol. The first-order valence-corrected chi connectivity index (χ1v) is 11.3. The van der Waals surface area contributed by atoms with Gasteiger partial charge in [0.25, 0.3) is 5.91 Å². The summed E-state index contributed by atoms with van der Waals surface area (Å²) in [5, 5.41) is 6.41. The van der Waals surface area contributed by atoms with Crippen LogP contribution in [-0.2, 0) is 22.4 Å². The number of hydrogen-bond donors (Lipinski definition) is 2. The Labute approximate surface area is 203 Å². The summed E-state index contributed by atoms with van der Waals surface area (Å²) in [4.78, 5) is 29.2. The third-order valence-electron chi connectivity index (χ3n) is 5.06. The lowest BCUT2D eigenvalue weighted by Gasteiger charge is -2.18. The van der Waals surface area contributed by atoms with Gasteiger partial charge in [-0.05, 0) is 48.2 Å². The van der Waals surface area contributed by atoms with E-state index in [1.807, 2.05) is 42.5 Å². The van der Waals surface area contributed by atoms with Gasteiger partial charge in [0.2, 0.25) is 0 Å². The van der Waals surface area contributed by atoms with Crippen LogP contribution >= 0.6 is 23.2 Å². The van der Waals surface area contributed by atoms with Crippen molar-refractivity contribution in [1.82, 2.24) is 10.3 Å². The molecule has 0 unspecified atom stereocenters. The number of esters is 1. The number of amides is 1. The SMILES string of the molecule is COC(=O)[C@H](Cc1ccc(CCCNc2ccccn2)cc1)NC(=O)c1c(Cl)cccc1Cl. The van der Waals surface area contributed by atoms with E-state index in [9.17, 15) is 9.59 Å². The summed E-state index contributed by atoms with van der Waals surface area (Å²) < 4.78 is 4.88. The summed E-state index contributed by atoms with van der Waals surface area (Å²) in [6.07, 6.45) is 3.90. The molecule has 0 fully saturated rings. The monoisotopic (exact) mass is 485 g/mol. The van der Waals surface area contributed by atoms with Crippen LogP contribution in [0.15, 0.2) is 66.9 Å². The molecule has 3 aromatic rings. The maximum Gasteiger partial charge on any atom is 0.328 e. The van der Waals surface area contributed by atoms with Crippen molar-refractivity contribution in [2.75, 3.05) is 19.0 Å². The van der Waals surface area contributed by atoms with Gasteiger partial charge in [0.1, 0.15) is 11.9 Å². The first-order valence-electron chi connectivity index (χ1n) is 10.5. The molecule has 2 N–H and O–H groups in total. The van der Waals surface area contributed by atoms with Gasteiger partial charge in [-0.1, -0.05) is 59.6 Å². The van der Waals surface area contributed by atoms with Crippen LogP contribution < -0.4 is 10.6 Å². The van der Waals surface area contributed by atoms with E-state index in [-0.39, 0.29) is 22.0 Å². The van der Waals surface area contributed by atoms with E-state index in [4.69, 9.17) is 27.9 Å². The van der Waals surface area contributed by atoms with Crippen LogP contribution in [0.5, 0.6) is 0 Å². The number of rotatable bonds is 10. The van der Waals surface area contributed by atoms with E-state index in [1.165, 1.54) is 12.7 Å². The van der Waals surface area contributed by atoms with Crippen molar-refractivity contribution in [3.05, 3.63) is 93.6 Å². The van der Waals surface area contributed by atoms with Gasteiger partial charge in [-0.2, -0.15) is 0 Å². The van der Waals surface area contributed by atoms with Gasteiger partial charge < -0.3 is 15.4 Å². The zero-order valence-electron chi connectivity index (χ0n) is 18.2. The Morgan fingerprint density at radius 3 is 2.30 bits per heavy atom. The van der Waals surface area contributed by atoms with Gasteiger partial charge in [-0.25, -0.2) is 9.78 Å². The number of aryl methyl sites for hydroxylation is 1. The lowest BCUT2D eigenvalue weighted by Crippen LogP contribution is -2.43. The molecule has 0 aliphatic carbocycles. The largest absolute Gasteiger partial charge is 0.467 e. The first-order chi connectivity index (χ1) is 16.0. The van der Waals surface area contributed by atoms with Crippen molar-refractivity contribution >= 4 is 40.9 Å². The molecule has 0 spiro atoms. The third kappa shape index (κ3) is 7.20. The Bertz CT molecular complexity index is 1060. The minimum Gasteiger partial charge on any atom is -0.467 e. The molecular formula is C25H25Cl2N3O3. The van der Waals surface area contributed by atoms with Crippen LogP contribution in [-0.4, -0.2) is 36.6 Å². The number of ether oxygens (including phenoxy) is 1. The fraction of sp³-hybridized carbons (Fsp3) is 0.240. The van der Waals surface area contributed by atoms with Gasteiger partial charge in [0.15, 0.2) is 0 Å². The van der Waals surface area contributed by atoms with Crippen LogP contribution in [0.1, 0.15) is 27.9 Å². The second kappa shape index (κ2) is 12.2. The second-order valence-corrected chi connectivity index (χ2v) is 8.23. The zero-order valence-corrected chi connectivity index (χ0v) is 19.7. The van der Waals surface area contributed by atoms with Crippen molar-refractivity contribution in [2.45, 2.75) is 25.3 Å². The smallest absolute Gasteiger partial charge is 0.328 e. The molecule has 0 bridgehead atoms. The fourth-order valence-electron chi connectivity index (χ4n) is 3.33. The average molecular weight is 486 g/mol. The first kappa shape index (κ1) is 24.6. The van der Waals surface area contributed by atoms with Gasteiger partial charge in [-0.15, -0.1) is 0 Å². The van der Waals surface area contributed by atoms with Gasteiger partial charge >= 0.3 is 5.97 Å². The molecule has 0 saturated heterocycles. The molecule has 0 aliphatic heterocycles. The van der Waals surface area contributed by atoms with Gasteiger partial charge in [0, 0.05) is 19.2 Å². The van der Waals surface area contributed by atoms with Crippen LogP contribution in [0.2, 0.25) is 10.0 Å². The highest BCUT2D eigenvalue weighted by Gasteiger charge is 2.24. The number of carbonyl (C=O) groups excluding carboxylic acids is 2. The predicted octanol–water partition coefficient (Wildman–Crippen LogP) is 4.95. The van der Waals surface area contributed by atoms with E-state index in [0.29, 0.717) is 0 Å². The number of methoxy groups -OCH3 is 1. The number of nitrogens with zero attached hydrogens (tertiary/aromatic N) is 1. The molecule has 1 amide bonds. The molecule has 2 aromatic carbocycles. The summed E-state index contributed by atoms with van der Waals surface area (Å²) in [5.41, 5.74) is 2.21. The van der Waals surface area contributed by atoms with E-state index in [2.05, 4.69) is 15.6 Å². The fourth-order valence-corrected chi connectivity index (χ4v) is 3.90. The Hall–Kier alpha value is -3.09. The standard InChI is InChI=1S/C25H25Cl2N3O3/c1-33-25(32)21(30-24(31)23-19(26)7-4-8-20(23)27)16-18-12-10-17(11-13-18)6-5-15-29-22-9-2-3-14-28-22/h2-4,7-14,21H,5-6,15-16H2,1H3,(H,28,29)(H,30,31)/t21-/m0/s1. The lowest BCUT2D eigenvalue weighted by molar-refractivity contribution is -0.142. The average Bonchev–Trinajstić information content (AvgIpc) is 2.82. The second-order valence-electron chi connectivity index (χ2n) is 7.41. The summed E-state index contributed by atoms with van der Waals surface area (Å²) in [6, 6.07) is 17.6. The van der Waals surface area contributed by atoms with E-state index in [1.54, 1.807) is 24.4 Å². The highest BCUT2D eigenvalue weighted by Crippen LogP contribution is 2.24. The number of anilines is 1. The van der Waals surface area contributed by atoms with Crippen molar-refractivity contribution in [1.29, 1.82) is 0 Å². The summed E-state index contributed by atoms with van der Waals surface area (Å²) in [5.74, 6) is -0.212. The normalized spacial score (nSPS) is 11.5. The van der Waals surface area contributed by atoms with Gasteiger partial charge in [0.05, 0.1) is 22.7 Å². The lowest BCUT2D eigenvalue weighted by atomic mass is 10.0. The Kier molecular flexibility index (Phi) is 9.10.